The minimum absolute atomic E-state index is 0.359. The van der Waals surface area contributed by atoms with Gasteiger partial charge in [0.1, 0.15) is 5.75 Å². The summed E-state index contributed by atoms with van der Waals surface area (Å²) >= 11 is 0. The Labute approximate surface area is 151 Å². The van der Waals surface area contributed by atoms with Crippen molar-refractivity contribution < 1.29 is 9.84 Å². The molecule has 1 aromatic carbocycles. The maximum absolute atomic E-state index is 9.90. The van der Waals surface area contributed by atoms with E-state index in [0.717, 1.165) is 48.8 Å². The van der Waals surface area contributed by atoms with Crippen LogP contribution in [0.15, 0.2) is 17.1 Å². The number of methoxy groups -OCH3 is 1. The number of aliphatic imine (C=N–C) groups is 1. The molecule has 0 saturated heterocycles. The van der Waals surface area contributed by atoms with Gasteiger partial charge in [-0.05, 0) is 62.1 Å². The molecule has 0 spiro atoms. The molecule has 5 heteroatoms. The number of hydrogen-bond donors (Lipinski definition) is 3. The van der Waals surface area contributed by atoms with Gasteiger partial charge in [-0.3, -0.25) is 0 Å². The number of ether oxygens (including phenoxy) is 1. The fourth-order valence-electron chi connectivity index (χ4n) is 3.43. The highest BCUT2D eigenvalue weighted by atomic mass is 16.5. The Kier molecular flexibility index (Phi) is 7.12. The Morgan fingerprint density at radius 2 is 1.92 bits per heavy atom. The molecular weight excluding hydrogens is 314 g/mol. The molecule has 0 radical (unpaired) electrons. The largest absolute Gasteiger partial charge is 0.507 e. The summed E-state index contributed by atoms with van der Waals surface area (Å²) < 4.78 is 5.27. The number of guanidine groups is 1. The molecule has 0 aromatic heterocycles. The van der Waals surface area contributed by atoms with Gasteiger partial charge in [0, 0.05) is 26.8 Å². The van der Waals surface area contributed by atoms with E-state index >= 15 is 0 Å². The lowest BCUT2D eigenvalue weighted by atomic mass is 9.67. The predicted molar refractivity (Wildman–Crippen MR) is 103 cm³/mol. The monoisotopic (exact) mass is 347 g/mol. The Balaban J connectivity index is 1.98. The van der Waals surface area contributed by atoms with E-state index in [4.69, 9.17) is 9.73 Å². The third kappa shape index (κ3) is 5.36. The zero-order chi connectivity index (χ0) is 18.3. The SMILES string of the molecule is CCNC(=NCc1cc(C)c(O)c(C)c1)NCC1(CCOC)CCC1. The normalized spacial score (nSPS) is 16.4. The van der Waals surface area contributed by atoms with Crippen LogP contribution < -0.4 is 10.6 Å². The van der Waals surface area contributed by atoms with Gasteiger partial charge in [0.25, 0.3) is 0 Å². The van der Waals surface area contributed by atoms with Crippen molar-refractivity contribution in [2.45, 2.75) is 53.0 Å². The molecule has 1 aliphatic rings. The molecular formula is C20H33N3O2. The van der Waals surface area contributed by atoms with Crippen molar-refractivity contribution in [3.05, 3.63) is 28.8 Å². The van der Waals surface area contributed by atoms with E-state index in [2.05, 4.69) is 17.6 Å². The van der Waals surface area contributed by atoms with Gasteiger partial charge in [0.2, 0.25) is 0 Å². The van der Waals surface area contributed by atoms with Crippen LogP contribution in [0, 0.1) is 19.3 Å². The lowest BCUT2D eigenvalue weighted by Crippen LogP contribution is -2.46. The van der Waals surface area contributed by atoms with Crippen molar-refractivity contribution in [3.8, 4) is 5.75 Å². The molecule has 1 aliphatic carbocycles. The number of nitrogens with one attached hydrogen (secondary N) is 2. The van der Waals surface area contributed by atoms with Gasteiger partial charge in [-0.25, -0.2) is 4.99 Å². The molecule has 1 saturated carbocycles. The number of aromatic hydroxyl groups is 1. The molecule has 0 aliphatic heterocycles. The van der Waals surface area contributed by atoms with Gasteiger partial charge in [0.15, 0.2) is 5.96 Å². The minimum Gasteiger partial charge on any atom is -0.507 e. The number of rotatable bonds is 8. The summed E-state index contributed by atoms with van der Waals surface area (Å²) in [5.41, 5.74) is 3.27. The summed E-state index contributed by atoms with van der Waals surface area (Å²) in [6.45, 7) is 9.13. The zero-order valence-electron chi connectivity index (χ0n) is 16.1. The van der Waals surface area contributed by atoms with Crippen molar-refractivity contribution in [1.82, 2.24) is 10.6 Å². The van der Waals surface area contributed by atoms with Gasteiger partial charge in [-0.1, -0.05) is 18.6 Å². The average Bonchev–Trinajstić information content (AvgIpc) is 2.56. The fraction of sp³-hybridized carbons (Fsp3) is 0.650. The molecule has 1 fully saturated rings. The average molecular weight is 348 g/mol. The van der Waals surface area contributed by atoms with Crippen LogP contribution in [0.1, 0.15) is 49.3 Å². The Morgan fingerprint density at radius 3 is 2.44 bits per heavy atom. The molecule has 0 amide bonds. The smallest absolute Gasteiger partial charge is 0.191 e. The number of hydrogen-bond acceptors (Lipinski definition) is 3. The van der Waals surface area contributed by atoms with Crippen molar-refractivity contribution in [1.29, 1.82) is 0 Å². The minimum atomic E-state index is 0.359. The summed E-state index contributed by atoms with van der Waals surface area (Å²) in [7, 11) is 1.77. The molecule has 0 unspecified atom stereocenters. The first-order valence-electron chi connectivity index (χ1n) is 9.30. The Morgan fingerprint density at radius 1 is 1.24 bits per heavy atom. The van der Waals surface area contributed by atoms with Gasteiger partial charge >= 0.3 is 0 Å². The Hall–Kier alpha value is -1.75. The molecule has 0 heterocycles. The Bertz CT molecular complexity index is 572. The number of aryl methyl sites for hydroxylation is 2. The quantitative estimate of drug-likeness (QED) is 0.499. The number of phenolic OH excluding ortho intramolecular Hbond substituents is 1. The summed E-state index contributed by atoms with van der Waals surface area (Å²) in [6.07, 6.45) is 4.94. The first kappa shape index (κ1) is 19.6. The summed E-state index contributed by atoms with van der Waals surface area (Å²) in [5, 5.41) is 16.7. The first-order chi connectivity index (χ1) is 12.0. The number of nitrogens with zero attached hydrogens (tertiary/aromatic N) is 1. The van der Waals surface area contributed by atoms with Crippen molar-refractivity contribution in [3.63, 3.8) is 0 Å². The number of phenols is 1. The predicted octanol–water partition coefficient (Wildman–Crippen LogP) is 3.27. The van der Waals surface area contributed by atoms with E-state index in [-0.39, 0.29) is 0 Å². The maximum atomic E-state index is 9.90. The lowest BCUT2D eigenvalue weighted by Gasteiger charge is -2.42. The second-order valence-electron chi connectivity index (χ2n) is 7.22. The zero-order valence-corrected chi connectivity index (χ0v) is 16.1. The van der Waals surface area contributed by atoms with Gasteiger partial charge < -0.3 is 20.5 Å². The fourth-order valence-corrected chi connectivity index (χ4v) is 3.43. The highest BCUT2D eigenvalue weighted by Gasteiger charge is 2.36. The lowest BCUT2D eigenvalue weighted by molar-refractivity contribution is 0.0732. The van der Waals surface area contributed by atoms with Crippen LogP contribution in [-0.2, 0) is 11.3 Å². The van der Waals surface area contributed by atoms with Crippen LogP contribution >= 0.6 is 0 Å². The maximum Gasteiger partial charge on any atom is 0.191 e. The second-order valence-corrected chi connectivity index (χ2v) is 7.22. The van der Waals surface area contributed by atoms with Crippen LogP contribution in [0.5, 0.6) is 5.75 Å². The van der Waals surface area contributed by atoms with Crippen LogP contribution in [0.25, 0.3) is 0 Å². The third-order valence-corrected chi connectivity index (χ3v) is 5.20. The van der Waals surface area contributed by atoms with Gasteiger partial charge in [0.05, 0.1) is 6.54 Å². The van der Waals surface area contributed by atoms with Crippen LogP contribution in [-0.4, -0.2) is 37.9 Å². The van der Waals surface area contributed by atoms with Crippen LogP contribution in [0.3, 0.4) is 0 Å². The molecule has 1 aromatic rings. The molecule has 140 valence electrons. The topological polar surface area (TPSA) is 65.9 Å². The highest BCUT2D eigenvalue weighted by Crippen LogP contribution is 2.43. The van der Waals surface area contributed by atoms with Crippen molar-refractivity contribution in [2.24, 2.45) is 10.4 Å². The summed E-state index contributed by atoms with van der Waals surface area (Å²) in [6, 6.07) is 4.00. The van der Waals surface area contributed by atoms with E-state index in [9.17, 15) is 5.11 Å². The van der Waals surface area contributed by atoms with Gasteiger partial charge in [-0.15, -0.1) is 0 Å². The van der Waals surface area contributed by atoms with Crippen LogP contribution in [0.4, 0.5) is 0 Å². The van der Waals surface area contributed by atoms with E-state index < -0.39 is 0 Å². The first-order valence-corrected chi connectivity index (χ1v) is 9.30. The molecule has 0 bridgehead atoms. The second kappa shape index (κ2) is 9.09. The van der Waals surface area contributed by atoms with Gasteiger partial charge in [-0.2, -0.15) is 0 Å². The third-order valence-electron chi connectivity index (χ3n) is 5.20. The standard InChI is InChI=1S/C20H33N3O2/c1-5-21-19(23-14-20(7-6-8-20)9-10-25-4)22-13-17-11-15(2)18(24)16(3)12-17/h11-12,24H,5-10,13-14H2,1-4H3,(H2,21,22,23). The van der Waals surface area contributed by atoms with E-state index in [1.807, 2.05) is 26.0 Å². The highest BCUT2D eigenvalue weighted by molar-refractivity contribution is 5.79. The molecule has 25 heavy (non-hydrogen) atoms. The van der Waals surface area contributed by atoms with Crippen molar-refractivity contribution in [2.75, 3.05) is 26.8 Å². The number of benzene rings is 1. The van der Waals surface area contributed by atoms with Crippen molar-refractivity contribution >= 4 is 5.96 Å². The van der Waals surface area contributed by atoms with Crippen LogP contribution in [0.2, 0.25) is 0 Å². The molecule has 0 atom stereocenters. The molecule has 5 nitrogen and oxygen atoms in total. The van der Waals surface area contributed by atoms with E-state index in [0.29, 0.717) is 17.7 Å². The van der Waals surface area contributed by atoms with E-state index in [1.165, 1.54) is 19.3 Å². The molecule has 2 rings (SSSR count). The molecule has 3 N–H and O–H groups in total. The van der Waals surface area contributed by atoms with E-state index in [1.54, 1.807) is 7.11 Å². The summed E-state index contributed by atoms with van der Waals surface area (Å²) in [5.74, 6) is 1.23. The summed E-state index contributed by atoms with van der Waals surface area (Å²) in [4.78, 5) is 4.72.